The first kappa shape index (κ1) is 23.8. The first-order valence-corrected chi connectivity index (χ1v) is 11.2. The lowest BCUT2D eigenvalue weighted by atomic mass is 9.67. The van der Waals surface area contributed by atoms with Crippen molar-refractivity contribution in [2.75, 3.05) is 38.0 Å². The Hall–Kier alpha value is -2.89. The van der Waals surface area contributed by atoms with Crippen LogP contribution < -0.4 is 9.80 Å². The van der Waals surface area contributed by atoms with Gasteiger partial charge in [0.25, 0.3) is 0 Å². The summed E-state index contributed by atoms with van der Waals surface area (Å²) in [4.78, 5) is 28.8. The molecular weight excluding hydrogens is 402 g/mol. The van der Waals surface area contributed by atoms with Gasteiger partial charge >= 0.3 is 0 Å². The van der Waals surface area contributed by atoms with Crippen LogP contribution in [0.25, 0.3) is 0 Å². The number of carbonyl (C=O) groups is 1. The van der Waals surface area contributed by atoms with Crippen LogP contribution in [0, 0.1) is 22.0 Å². The third-order valence-corrected chi connectivity index (χ3v) is 7.10. The Bertz CT molecular complexity index is 898. The molecule has 0 radical (unpaired) electrons. The highest BCUT2D eigenvalue weighted by Gasteiger charge is 2.46. The molecule has 0 bridgehead atoms. The van der Waals surface area contributed by atoms with Crippen molar-refractivity contribution in [3.63, 3.8) is 0 Å². The Balaban J connectivity index is 1.96. The molecule has 32 heavy (non-hydrogen) atoms. The maximum absolute atomic E-state index is 13.4. The summed E-state index contributed by atoms with van der Waals surface area (Å²) < 4.78 is 0. The van der Waals surface area contributed by atoms with Crippen molar-refractivity contribution in [1.82, 2.24) is 0 Å². The van der Waals surface area contributed by atoms with Crippen molar-refractivity contribution in [1.29, 1.82) is 0 Å². The largest absolute Gasteiger partial charge is 0.378 e. The highest BCUT2D eigenvalue weighted by atomic mass is 16.6. The van der Waals surface area contributed by atoms with Crippen molar-refractivity contribution in [2.24, 2.45) is 11.8 Å². The lowest BCUT2D eigenvalue weighted by Crippen LogP contribution is -2.44. The Morgan fingerprint density at radius 2 is 1.31 bits per heavy atom. The van der Waals surface area contributed by atoms with Gasteiger partial charge in [0.1, 0.15) is 5.78 Å². The number of ketones is 1. The molecule has 0 aliphatic heterocycles. The summed E-state index contributed by atoms with van der Waals surface area (Å²) in [6.45, 7) is 3.28. The van der Waals surface area contributed by atoms with Gasteiger partial charge in [0, 0.05) is 82.5 Å². The molecule has 1 aliphatic carbocycles. The minimum absolute atomic E-state index is 0.0606. The van der Waals surface area contributed by atoms with E-state index in [1.54, 1.807) is 13.8 Å². The van der Waals surface area contributed by atoms with E-state index < -0.39 is 5.54 Å². The molecule has 0 spiro atoms. The molecule has 0 unspecified atom stereocenters. The van der Waals surface area contributed by atoms with Crippen LogP contribution in [0.1, 0.15) is 50.2 Å². The second kappa shape index (κ2) is 9.31. The molecule has 0 aromatic heterocycles. The zero-order valence-electron chi connectivity index (χ0n) is 20.0. The standard InChI is InChI=1S/C26H35N3O3/c1-26(2,29(31)32)20-11-16-23(24(30)17-20)25(18-7-12-21(13-8-18)27(3)4)19-9-14-22(15-10-19)28(5)6/h7-10,12-15,20,23,25H,11,16-17H2,1-6H3/t20-,23+/m0/s1. The summed E-state index contributed by atoms with van der Waals surface area (Å²) >= 11 is 0. The molecule has 172 valence electrons. The topological polar surface area (TPSA) is 66.7 Å². The molecule has 1 fully saturated rings. The van der Waals surface area contributed by atoms with Crippen LogP contribution in [0.2, 0.25) is 0 Å². The third-order valence-electron chi connectivity index (χ3n) is 7.10. The second-order valence-corrected chi connectivity index (χ2v) is 9.91. The summed E-state index contributed by atoms with van der Waals surface area (Å²) in [7, 11) is 8.03. The molecule has 2 atom stereocenters. The van der Waals surface area contributed by atoms with E-state index in [4.69, 9.17) is 0 Å². The van der Waals surface area contributed by atoms with E-state index in [1.807, 2.05) is 28.2 Å². The van der Waals surface area contributed by atoms with Crippen LogP contribution in [0.5, 0.6) is 0 Å². The van der Waals surface area contributed by atoms with Crippen LogP contribution >= 0.6 is 0 Å². The average Bonchev–Trinajstić information content (AvgIpc) is 2.75. The molecule has 0 amide bonds. The first-order chi connectivity index (χ1) is 15.0. The Morgan fingerprint density at radius 3 is 1.66 bits per heavy atom. The van der Waals surface area contributed by atoms with E-state index in [0.717, 1.165) is 22.5 Å². The molecule has 6 nitrogen and oxygen atoms in total. The van der Waals surface area contributed by atoms with Crippen LogP contribution in [0.3, 0.4) is 0 Å². The number of hydrogen-bond donors (Lipinski definition) is 0. The van der Waals surface area contributed by atoms with Gasteiger partial charge in [-0.15, -0.1) is 0 Å². The predicted octanol–water partition coefficient (Wildman–Crippen LogP) is 4.99. The summed E-state index contributed by atoms with van der Waals surface area (Å²) in [6.07, 6.45) is 1.61. The molecular formula is C26H35N3O3. The fraction of sp³-hybridized carbons (Fsp3) is 0.500. The smallest absolute Gasteiger partial charge is 0.220 e. The van der Waals surface area contributed by atoms with Gasteiger partial charge in [-0.2, -0.15) is 0 Å². The fourth-order valence-corrected chi connectivity index (χ4v) is 4.76. The van der Waals surface area contributed by atoms with Gasteiger partial charge in [-0.3, -0.25) is 14.9 Å². The van der Waals surface area contributed by atoms with E-state index >= 15 is 0 Å². The molecule has 2 aromatic carbocycles. The summed E-state index contributed by atoms with van der Waals surface area (Å²) in [6, 6.07) is 16.8. The highest BCUT2D eigenvalue weighted by Crippen LogP contribution is 2.43. The van der Waals surface area contributed by atoms with Gasteiger partial charge in [-0.05, 0) is 48.2 Å². The minimum atomic E-state index is -1.09. The fourth-order valence-electron chi connectivity index (χ4n) is 4.76. The predicted molar refractivity (Wildman–Crippen MR) is 130 cm³/mol. The normalized spacial score (nSPS) is 19.2. The first-order valence-electron chi connectivity index (χ1n) is 11.2. The van der Waals surface area contributed by atoms with Gasteiger partial charge in [0.05, 0.1) is 0 Å². The SMILES string of the molecule is CN(C)c1ccc(C(c2ccc(N(C)C)cc2)[C@@H]2CC[C@H](C(C)(C)[N+](=O)[O-])CC2=O)cc1. The van der Waals surface area contributed by atoms with E-state index in [9.17, 15) is 14.9 Å². The van der Waals surface area contributed by atoms with Gasteiger partial charge in [-0.25, -0.2) is 0 Å². The van der Waals surface area contributed by atoms with Crippen molar-refractivity contribution < 1.29 is 9.72 Å². The molecule has 0 saturated heterocycles. The lowest BCUT2D eigenvalue weighted by Gasteiger charge is -2.36. The van der Waals surface area contributed by atoms with Crippen LogP contribution in [0.4, 0.5) is 11.4 Å². The van der Waals surface area contributed by atoms with E-state index in [-0.39, 0.29) is 34.9 Å². The molecule has 2 aromatic rings. The van der Waals surface area contributed by atoms with Gasteiger partial charge in [0.15, 0.2) is 0 Å². The molecule has 0 heterocycles. The van der Waals surface area contributed by atoms with Crippen molar-refractivity contribution in [3.8, 4) is 0 Å². The minimum Gasteiger partial charge on any atom is -0.378 e. The maximum Gasteiger partial charge on any atom is 0.220 e. The number of nitro groups is 1. The number of Topliss-reactive ketones (excluding diaryl/α,β-unsaturated/α-hetero) is 1. The molecule has 6 heteroatoms. The van der Waals surface area contributed by atoms with E-state index in [1.165, 1.54) is 0 Å². The van der Waals surface area contributed by atoms with E-state index in [0.29, 0.717) is 12.8 Å². The Kier molecular flexibility index (Phi) is 6.91. The van der Waals surface area contributed by atoms with Crippen molar-refractivity contribution in [2.45, 2.75) is 44.6 Å². The maximum atomic E-state index is 13.4. The summed E-state index contributed by atoms with van der Waals surface area (Å²) in [5, 5.41) is 11.5. The number of carbonyl (C=O) groups excluding carboxylic acids is 1. The number of hydrogen-bond acceptors (Lipinski definition) is 5. The summed E-state index contributed by atoms with van der Waals surface area (Å²) in [5.74, 6) is -0.331. The highest BCUT2D eigenvalue weighted by molar-refractivity contribution is 5.84. The quantitative estimate of drug-likeness (QED) is 0.451. The van der Waals surface area contributed by atoms with Crippen molar-refractivity contribution in [3.05, 3.63) is 69.8 Å². The summed E-state index contributed by atoms with van der Waals surface area (Å²) in [5.41, 5.74) is 3.35. The Morgan fingerprint density at radius 1 is 0.875 bits per heavy atom. The number of nitrogens with zero attached hydrogens (tertiary/aromatic N) is 3. The zero-order valence-corrected chi connectivity index (χ0v) is 20.0. The zero-order chi connectivity index (χ0) is 23.6. The van der Waals surface area contributed by atoms with Gasteiger partial charge in [-0.1, -0.05) is 24.3 Å². The number of anilines is 2. The van der Waals surface area contributed by atoms with Gasteiger partial charge < -0.3 is 9.80 Å². The van der Waals surface area contributed by atoms with Gasteiger partial charge in [0.2, 0.25) is 5.54 Å². The molecule has 1 aliphatic rings. The van der Waals surface area contributed by atoms with Crippen LogP contribution in [-0.4, -0.2) is 44.4 Å². The Labute approximate surface area is 191 Å². The lowest BCUT2D eigenvalue weighted by molar-refractivity contribution is -0.571. The van der Waals surface area contributed by atoms with Crippen LogP contribution in [-0.2, 0) is 4.79 Å². The van der Waals surface area contributed by atoms with Crippen LogP contribution in [0.15, 0.2) is 48.5 Å². The number of rotatable bonds is 7. The average molecular weight is 438 g/mol. The molecule has 3 rings (SSSR count). The third kappa shape index (κ3) is 4.79. The monoisotopic (exact) mass is 437 g/mol. The molecule has 0 N–H and O–H groups in total. The number of benzene rings is 2. The van der Waals surface area contributed by atoms with Crippen molar-refractivity contribution >= 4 is 17.2 Å². The molecule has 1 saturated carbocycles. The van der Waals surface area contributed by atoms with E-state index in [2.05, 4.69) is 58.3 Å². The second-order valence-electron chi connectivity index (χ2n) is 9.91.